The quantitative estimate of drug-likeness (QED) is 0.623. The van der Waals surface area contributed by atoms with E-state index < -0.39 is 0 Å². The number of hydrazine groups is 1. The standard InChI is InChI=1S/C15H24Cl2N2/c1-10(15(2,3)4)8-11(19-18)9-12-13(16)6-5-7-14(12)17/h5-7,10-11,19H,8-9,18H2,1-4H3. The zero-order valence-corrected chi connectivity index (χ0v) is 13.6. The molecule has 0 heterocycles. The molecule has 0 saturated heterocycles. The minimum absolute atomic E-state index is 0.173. The van der Waals surface area contributed by atoms with Crippen LogP contribution in [0.1, 0.15) is 39.7 Å². The fraction of sp³-hybridized carbons (Fsp3) is 0.600. The number of halogens is 2. The molecule has 0 saturated carbocycles. The Hall–Kier alpha value is -0.280. The van der Waals surface area contributed by atoms with Crippen LogP contribution in [0.3, 0.4) is 0 Å². The molecule has 4 heteroatoms. The number of nitrogens with one attached hydrogen (secondary N) is 1. The van der Waals surface area contributed by atoms with Gasteiger partial charge in [0, 0.05) is 16.1 Å². The molecule has 0 fully saturated rings. The third-order valence-electron chi connectivity index (χ3n) is 3.86. The van der Waals surface area contributed by atoms with Crippen LogP contribution in [0.5, 0.6) is 0 Å². The van der Waals surface area contributed by atoms with Gasteiger partial charge < -0.3 is 0 Å². The van der Waals surface area contributed by atoms with Gasteiger partial charge in [-0.25, -0.2) is 0 Å². The molecule has 1 aromatic rings. The van der Waals surface area contributed by atoms with E-state index in [0.29, 0.717) is 16.0 Å². The third kappa shape index (κ3) is 4.96. The van der Waals surface area contributed by atoms with E-state index in [0.717, 1.165) is 18.4 Å². The molecule has 2 nitrogen and oxygen atoms in total. The van der Waals surface area contributed by atoms with Crippen molar-refractivity contribution < 1.29 is 0 Å². The fourth-order valence-electron chi connectivity index (χ4n) is 1.96. The lowest BCUT2D eigenvalue weighted by atomic mass is 9.78. The first-order valence-electron chi connectivity index (χ1n) is 6.64. The highest BCUT2D eigenvalue weighted by Crippen LogP contribution is 2.31. The van der Waals surface area contributed by atoms with Crippen molar-refractivity contribution >= 4 is 23.2 Å². The predicted octanol–water partition coefficient (Wildman–Crippen LogP) is 4.44. The molecule has 108 valence electrons. The molecular formula is C15H24Cl2N2. The van der Waals surface area contributed by atoms with E-state index in [1.807, 2.05) is 18.2 Å². The summed E-state index contributed by atoms with van der Waals surface area (Å²) in [5, 5.41) is 1.41. The van der Waals surface area contributed by atoms with Gasteiger partial charge in [-0.3, -0.25) is 11.3 Å². The van der Waals surface area contributed by atoms with Crippen LogP contribution < -0.4 is 11.3 Å². The maximum Gasteiger partial charge on any atom is 0.0453 e. The monoisotopic (exact) mass is 302 g/mol. The Morgan fingerprint density at radius 3 is 2.16 bits per heavy atom. The summed E-state index contributed by atoms with van der Waals surface area (Å²) in [5.74, 6) is 6.23. The topological polar surface area (TPSA) is 38.0 Å². The Morgan fingerprint density at radius 2 is 1.74 bits per heavy atom. The number of rotatable bonds is 5. The Bertz CT molecular complexity index is 393. The first-order valence-corrected chi connectivity index (χ1v) is 7.40. The minimum atomic E-state index is 0.173. The van der Waals surface area contributed by atoms with Gasteiger partial charge >= 0.3 is 0 Å². The number of hydrogen-bond donors (Lipinski definition) is 2. The maximum atomic E-state index is 6.20. The molecule has 0 spiro atoms. The lowest BCUT2D eigenvalue weighted by Crippen LogP contribution is -2.39. The minimum Gasteiger partial charge on any atom is -0.271 e. The summed E-state index contributed by atoms with van der Waals surface area (Å²) < 4.78 is 0. The third-order valence-corrected chi connectivity index (χ3v) is 4.57. The molecule has 2 atom stereocenters. The van der Waals surface area contributed by atoms with E-state index >= 15 is 0 Å². The van der Waals surface area contributed by atoms with Crippen LogP contribution in [-0.4, -0.2) is 6.04 Å². The van der Waals surface area contributed by atoms with E-state index in [1.165, 1.54) is 0 Å². The van der Waals surface area contributed by atoms with E-state index in [9.17, 15) is 0 Å². The lowest BCUT2D eigenvalue weighted by Gasteiger charge is -2.30. The normalized spacial score (nSPS) is 15.3. The molecule has 1 aromatic carbocycles. The SMILES string of the molecule is CC(CC(Cc1c(Cl)cccc1Cl)NN)C(C)(C)C. The van der Waals surface area contributed by atoms with Crippen molar-refractivity contribution in [2.24, 2.45) is 17.2 Å². The van der Waals surface area contributed by atoms with Gasteiger partial charge in [-0.1, -0.05) is 57.0 Å². The van der Waals surface area contributed by atoms with Gasteiger partial charge in [0.05, 0.1) is 0 Å². The molecule has 0 aromatic heterocycles. The van der Waals surface area contributed by atoms with E-state index in [1.54, 1.807) is 0 Å². The van der Waals surface area contributed by atoms with Crippen molar-refractivity contribution in [2.45, 2.75) is 46.6 Å². The van der Waals surface area contributed by atoms with Gasteiger partial charge in [0.15, 0.2) is 0 Å². The Labute approximate surface area is 126 Å². The molecular weight excluding hydrogens is 279 g/mol. The molecule has 0 amide bonds. The van der Waals surface area contributed by atoms with Crippen LogP contribution in [0.25, 0.3) is 0 Å². The van der Waals surface area contributed by atoms with Gasteiger partial charge in [0.25, 0.3) is 0 Å². The van der Waals surface area contributed by atoms with Crippen molar-refractivity contribution in [2.75, 3.05) is 0 Å². The summed E-state index contributed by atoms with van der Waals surface area (Å²) in [6, 6.07) is 5.76. The molecule has 19 heavy (non-hydrogen) atoms. The lowest BCUT2D eigenvalue weighted by molar-refractivity contribution is 0.222. The van der Waals surface area contributed by atoms with Crippen molar-refractivity contribution in [1.82, 2.24) is 5.43 Å². The fourth-order valence-corrected chi connectivity index (χ4v) is 2.52. The van der Waals surface area contributed by atoms with Crippen LogP contribution in [0.15, 0.2) is 18.2 Å². The molecule has 0 radical (unpaired) electrons. The Kier molecular flexibility index (Phi) is 6.13. The summed E-state index contributed by atoms with van der Waals surface area (Å²) >= 11 is 12.4. The van der Waals surface area contributed by atoms with E-state index in [-0.39, 0.29) is 11.5 Å². The first-order chi connectivity index (χ1) is 8.75. The zero-order chi connectivity index (χ0) is 14.6. The maximum absolute atomic E-state index is 6.20. The van der Waals surface area contributed by atoms with Crippen LogP contribution in [0, 0.1) is 11.3 Å². The number of nitrogens with two attached hydrogens (primary N) is 1. The van der Waals surface area contributed by atoms with Crippen molar-refractivity contribution in [3.05, 3.63) is 33.8 Å². The Balaban J connectivity index is 2.78. The number of hydrogen-bond acceptors (Lipinski definition) is 2. The van der Waals surface area contributed by atoms with E-state index in [2.05, 4.69) is 33.1 Å². The van der Waals surface area contributed by atoms with Crippen LogP contribution in [-0.2, 0) is 6.42 Å². The summed E-state index contributed by atoms with van der Waals surface area (Å²) in [7, 11) is 0. The highest BCUT2D eigenvalue weighted by Gasteiger charge is 2.24. The predicted molar refractivity (Wildman–Crippen MR) is 84.5 cm³/mol. The summed E-state index contributed by atoms with van der Waals surface area (Å²) in [5.41, 5.74) is 4.12. The smallest absolute Gasteiger partial charge is 0.0453 e. The van der Waals surface area contributed by atoms with Crippen molar-refractivity contribution in [3.63, 3.8) is 0 Å². The molecule has 1 rings (SSSR count). The molecule has 0 aliphatic rings. The van der Waals surface area contributed by atoms with Gasteiger partial charge in [-0.15, -0.1) is 0 Å². The molecule has 3 N–H and O–H groups in total. The summed E-state index contributed by atoms with van der Waals surface area (Å²) in [6.45, 7) is 8.98. The second-order valence-corrected chi connectivity index (χ2v) is 7.09. The van der Waals surface area contributed by atoms with E-state index in [4.69, 9.17) is 29.0 Å². The number of benzene rings is 1. The van der Waals surface area contributed by atoms with Crippen molar-refractivity contribution in [3.8, 4) is 0 Å². The molecule has 0 bridgehead atoms. The highest BCUT2D eigenvalue weighted by molar-refractivity contribution is 6.35. The van der Waals surface area contributed by atoms with Gasteiger partial charge in [0.2, 0.25) is 0 Å². The van der Waals surface area contributed by atoms with Crippen LogP contribution in [0.4, 0.5) is 0 Å². The van der Waals surface area contributed by atoms with Crippen LogP contribution in [0.2, 0.25) is 10.0 Å². The second kappa shape index (κ2) is 6.94. The Morgan fingerprint density at radius 1 is 1.21 bits per heavy atom. The largest absolute Gasteiger partial charge is 0.271 e. The van der Waals surface area contributed by atoms with Gasteiger partial charge in [-0.05, 0) is 41.9 Å². The van der Waals surface area contributed by atoms with Crippen molar-refractivity contribution in [1.29, 1.82) is 0 Å². The molecule has 0 aliphatic carbocycles. The second-order valence-electron chi connectivity index (χ2n) is 6.27. The van der Waals surface area contributed by atoms with Crippen LogP contribution >= 0.6 is 23.2 Å². The highest BCUT2D eigenvalue weighted by atomic mass is 35.5. The summed E-state index contributed by atoms with van der Waals surface area (Å²) in [6.07, 6.45) is 1.73. The van der Waals surface area contributed by atoms with Gasteiger partial charge in [-0.2, -0.15) is 0 Å². The average molecular weight is 303 g/mol. The summed E-state index contributed by atoms with van der Waals surface area (Å²) in [4.78, 5) is 0. The first kappa shape index (κ1) is 16.8. The zero-order valence-electron chi connectivity index (χ0n) is 12.1. The molecule has 0 aliphatic heterocycles. The molecule has 2 unspecified atom stereocenters. The van der Waals surface area contributed by atoms with Gasteiger partial charge in [0.1, 0.15) is 0 Å². The average Bonchev–Trinajstić information content (AvgIpc) is 2.31.